The van der Waals surface area contributed by atoms with Gasteiger partial charge in [-0.25, -0.2) is 0 Å². The van der Waals surface area contributed by atoms with E-state index in [-0.39, 0.29) is 5.69 Å². The predicted octanol–water partition coefficient (Wildman–Crippen LogP) is 0.563. The van der Waals surface area contributed by atoms with Crippen molar-refractivity contribution in [3.63, 3.8) is 0 Å². The Morgan fingerprint density at radius 2 is 2.22 bits per heavy atom. The second-order valence-electron chi connectivity index (χ2n) is 6.21. The van der Waals surface area contributed by atoms with Crippen LogP contribution >= 0.6 is 0 Å². The highest BCUT2D eigenvalue weighted by Gasteiger charge is 2.20. The molecule has 0 bridgehead atoms. The Kier molecular flexibility index (Phi) is 6.36. The van der Waals surface area contributed by atoms with Gasteiger partial charge in [-0.3, -0.25) is 24.7 Å². The molecule has 11 heteroatoms. The van der Waals surface area contributed by atoms with E-state index in [1.165, 1.54) is 12.4 Å². The van der Waals surface area contributed by atoms with Gasteiger partial charge in [0.2, 0.25) is 0 Å². The van der Waals surface area contributed by atoms with E-state index in [1.807, 2.05) is 13.0 Å². The number of nitrogens with zero attached hydrogens (tertiary/aromatic N) is 7. The Hall–Kier alpha value is -2.95. The number of aromatic nitrogens is 3. The van der Waals surface area contributed by atoms with Crippen molar-refractivity contribution in [2.24, 2.45) is 4.99 Å². The molecular weight excluding hydrogens is 352 g/mol. The summed E-state index contributed by atoms with van der Waals surface area (Å²) in [4.78, 5) is 19.5. The first-order valence-electron chi connectivity index (χ1n) is 8.97. The van der Waals surface area contributed by atoms with Crippen molar-refractivity contribution in [1.29, 1.82) is 0 Å². The van der Waals surface area contributed by atoms with Crippen LogP contribution in [0.5, 0.6) is 0 Å². The van der Waals surface area contributed by atoms with Crippen LogP contribution in [0.4, 0.5) is 5.69 Å². The Labute approximate surface area is 156 Å². The third-order valence-corrected chi connectivity index (χ3v) is 4.30. The van der Waals surface area contributed by atoms with Gasteiger partial charge in [-0.15, -0.1) is 0 Å². The number of nitro groups is 1. The first-order valence-corrected chi connectivity index (χ1v) is 8.97. The lowest BCUT2D eigenvalue weighted by atomic mass is 10.3. The Morgan fingerprint density at radius 1 is 1.41 bits per heavy atom. The molecule has 1 N–H and O–H groups in total. The molecular formula is C16H24N8O3. The quantitative estimate of drug-likeness (QED) is 0.322. The van der Waals surface area contributed by atoms with Gasteiger partial charge in [0.15, 0.2) is 5.96 Å². The zero-order valence-corrected chi connectivity index (χ0v) is 15.3. The van der Waals surface area contributed by atoms with E-state index in [9.17, 15) is 10.1 Å². The lowest BCUT2D eigenvalue weighted by Crippen LogP contribution is -2.52. The molecule has 1 aliphatic rings. The maximum atomic E-state index is 10.7. The van der Waals surface area contributed by atoms with Crippen molar-refractivity contribution < 1.29 is 9.45 Å². The smallest absolute Gasteiger partial charge is 0.306 e. The maximum absolute atomic E-state index is 10.7. The summed E-state index contributed by atoms with van der Waals surface area (Å²) >= 11 is 0. The van der Waals surface area contributed by atoms with Crippen molar-refractivity contribution >= 4 is 11.6 Å². The third-order valence-electron chi connectivity index (χ3n) is 4.30. The number of hydrogen-bond acceptors (Lipinski definition) is 7. The van der Waals surface area contributed by atoms with Gasteiger partial charge >= 0.3 is 5.69 Å². The van der Waals surface area contributed by atoms with Crippen molar-refractivity contribution in [2.75, 3.05) is 39.3 Å². The molecule has 27 heavy (non-hydrogen) atoms. The number of nitrogens with one attached hydrogen (secondary N) is 1. The summed E-state index contributed by atoms with van der Waals surface area (Å²) < 4.78 is 6.42. The summed E-state index contributed by atoms with van der Waals surface area (Å²) in [5.74, 6) is 0.861. The first kappa shape index (κ1) is 18.8. The highest BCUT2D eigenvalue weighted by Crippen LogP contribution is 2.09. The van der Waals surface area contributed by atoms with Crippen LogP contribution in [0.3, 0.4) is 0 Å². The molecule has 0 radical (unpaired) electrons. The van der Waals surface area contributed by atoms with Crippen molar-refractivity contribution in [3.8, 4) is 0 Å². The third kappa shape index (κ3) is 5.26. The summed E-state index contributed by atoms with van der Waals surface area (Å²) in [5, 5.41) is 22.0. The molecule has 2 aromatic rings. The standard InChI is InChI=1S/C16H24N8O3/c1-2-17-16(18-4-5-23-13-15(11-19-23)24(25)26)22-8-6-21(7-9-22)12-14-3-10-27-20-14/h3,10-11,13H,2,4-9,12H2,1H3,(H,17,18). The number of guanidine groups is 1. The van der Waals surface area contributed by atoms with Crippen LogP contribution in [0, 0.1) is 10.1 Å². The maximum Gasteiger partial charge on any atom is 0.306 e. The van der Waals surface area contributed by atoms with Gasteiger partial charge < -0.3 is 14.7 Å². The predicted molar refractivity (Wildman–Crippen MR) is 98.2 cm³/mol. The number of rotatable bonds is 7. The fourth-order valence-corrected chi connectivity index (χ4v) is 2.92. The number of aliphatic imine (C=N–C) groups is 1. The van der Waals surface area contributed by atoms with Crippen LogP contribution in [0.1, 0.15) is 12.6 Å². The lowest BCUT2D eigenvalue weighted by molar-refractivity contribution is -0.385. The summed E-state index contributed by atoms with van der Waals surface area (Å²) in [6.07, 6.45) is 4.27. The van der Waals surface area contributed by atoms with Gasteiger partial charge in [-0.1, -0.05) is 5.16 Å². The molecule has 11 nitrogen and oxygen atoms in total. The molecule has 1 fully saturated rings. The molecule has 146 valence electrons. The molecule has 3 heterocycles. The Bertz CT molecular complexity index is 750. The van der Waals surface area contributed by atoms with Crippen LogP contribution in [-0.2, 0) is 13.1 Å². The molecule has 2 aromatic heterocycles. The SMILES string of the molecule is CCNC(=NCCn1cc([N+](=O)[O-])cn1)N1CCN(Cc2ccon2)CC1. The second-order valence-corrected chi connectivity index (χ2v) is 6.21. The summed E-state index contributed by atoms with van der Waals surface area (Å²) in [7, 11) is 0. The van der Waals surface area contributed by atoms with E-state index in [2.05, 4.69) is 30.4 Å². The van der Waals surface area contributed by atoms with E-state index >= 15 is 0 Å². The molecule has 0 amide bonds. The van der Waals surface area contributed by atoms with E-state index in [0.717, 1.165) is 50.9 Å². The average Bonchev–Trinajstić information content (AvgIpc) is 3.34. The summed E-state index contributed by atoms with van der Waals surface area (Å²) in [6.45, 7) is 8.18. The van der Waals surface area contributed by atoms with Crippen LogP contribution in [-0.4, -0.2) is 74.9 Å². The van der Waals surface area contributed by atoms with Gasteiger partial charge in [0.1, 0.15) is 18.7 Å². The normalized spacial score (nSPS) is 15.9. The number of hydrogen-bond donors (Lipinski definition) is 1. The summed E-state index contributed by atoms with van der Waals surface area (Å²) in [5.41, 5.74) is 0.937. The first-order chi connectivity index (χ1) is 13.2. The highest BCUT2D eigenvalue weighted by atomic mass is 16.6. The fraction of sp³-hybridized carbons (Fsp3) is 0.562. The molecule has 0 aliphatic carbocycles. The lowest BCUT2D eigenvalue weighted by Gasteiger charge is -2.36. The Balaban J connectivity index is 1.50. The van der Waals surface area contributed by atoms with Crippen LogP contribution in [0.15, 0.2) is 34.2 Å². The molecule has 0 aromatic carbocycles. The average molecular weight is 376 g/mol. The van der Waals surface area contributed by atoms with Crippen LogP contribution < -0.4 is 5.32 Å². The van der Waals surface area contributed by atoms with E-state index < -0.39 is 4.92 Å². The highest BCUT2D eigenvalue weighted by molar-refractivity contribution is 5.80. The zero-order chi connectivity index (χ0) is 19.1. The largest absolute Gasteiger partial charge is 0.364 e. The fourth-order valence-electron chi connectivity index (χ4n) is 2.92. The molecule has 0 saturated carbocycles. The topological polar surface area (TPSA) is 118 Å². The molecule has 1 aliphatic heterocycles. The zero-order valence-electron chi connectivity index (χ0n) is 15.3. The van der Waals surface area contributed by atoms with Gasteiger partial charge in [0, 0.05) is 45.3 Å². The molecule has 3 rings (SSSR count). The minimum atomic E-state index is -0.449. The van der Waals surface area contributed by atoms with E-state index in [4.69, 9.17) is 4.52 Å². The van der Waals surface area contributed by atoms with Crippen LogP contribution in [0.2, 0.25) is 0 Å². The van der Waals surface area contributed by atoms with Crippen molar-refractivity contribution in [1.82, 2.24) is 30.1 Å². The van der Waals surface area contributed by atoms with Crippen LogP contribution in [0.25, 0.3) is 0 Å². The van der Waals surface area contributed by atoms with Gasteiger partial charge in [-0.2, -0.15) is 5.10 Å². The van der Waals surface area contributed by atoms with Gasteiger partial charge in [0.05, 0.1) is 23.7 Å². The molecule has 1 saturated heterocycles. The summed E-state index contributed by atoms with van der Waals surface area (Å²) in [6, 6.07) is 1.89. The minimum Gasteiger partial charge on any atom is -0.364 e. The molecule has 0 spiro atoms. The second kappa shape index (κ2) is 9.12. The van der Waals surface area contributed by atoms with E-state index in [0.29, 0.717) is 13.1 Å². The minimum absolute atomic E-state index is 0.00544. The van der Waals surface area contributed by atoms with E-state index in [1.54, 1.807) is 10.9 Å². The Morgan fingerprint density at radius 3 is 2.85 bits per heavy atom. The van der Waals surface area contributed by atoms with Crippen molar-refractivity contribution in [2.45, 2.75) is 20.0 Å². The number of piperazine rings is 1. The van der Waals surface area contributed by atoms with Gasteiger partial charge in [-0.05, 0) is 6.92 Å². The van der Waals surface area contributed by atoms with Crippen molar-refractivity contribution in [3.05, 3.63) is 40.5 Å². The van der Waals surface area contributed by atoms with Gasteiger partial charge in [0.25, 0.3) is 0 Å². The molecule has 0 unspecified atom stereocenters. The monoisotopic (exact) mass is 376 g/mol. The molecule has 0 atom stereocenters.